The molecular weight excluding hydrogens is 272 g/mol. The van der Waals surface area contributed by atoms with E-state index in [1.54, 1.807) is 6.07 Å². The zero-order valence-corrected chi connectivity index (χ0v) is 9.24. The van der Waals surface area contributed by atoms with Crippen LogP contribution in [0.15, 0.2) is 16.6 Å². The first-order valence-electron chi connectivity index (χ1n) is 3.19. The van der Waals surface area contributed by atoms with Crippen molar-refractivity contribution in [1.82, 2.24) is 0 Å². The molecule has 60 valence electrons. The van der Waals surface area contributed by atoms with E-state index in [2.05, 4.69) is 31.9 Å². The minimum Gasteiger partial charge on any atom is -0.508 e. The maximum Gasteiger partial charge on any atom is 0.121 e. The zero-order valence-electron chi connectivity index (χ0n) is 6.06. The molecule has 0 aliphatic rings. The highest BCUT2D eigenvalue weighted by Crippen LogP contribution is 2.27. The summed E-state index contributed by atoms with van der Waals surface area (Å²) in [7, 11) is 0. The Morgan fingerprint density at radius 2 is 2.09 bits per heavy atom. The molecule has 0 atom stereocenters. The van der Waals surface area contributed by atoms with Crippen LogP contribution in [-0.4, -0.2) is 5.11 Å². The smallest absolute Gasteiger partial charge is 0.121 e. The zero-order chi connectivity index (χ0) is 8.43. The van der Waals surface area contributed by atoms with Gasteiger partial charge < -0.3 is 5.11 Å². The largest absolute Gasteiger partial charge is 0.508 e. The van der Waals surface area contributed by atoms with E-state index < -0.39 is 0 Å². The molecule has 0 aromatic heterocycles. The summed E-state index contributed by atoms with van der Waals surface area (Å²) in [4.78, 5) is 0. The molecule has 0 aliphatic carbocycles. The Morgan fingerprint density at radius 1 is 1.45 bits per heavy atom. The highest BCUT2D eigenvalue weighted by molar-refractivity contribution is 9.10. The Hall–Kier alpha value is -0.0200. The Balaban J connectivity index is 3.25. The molecule has 0 amide bonds. The van der Waals surface area contributed by atoms with E-state index in [4.69, 9.17) is 0 Å². The van der Waals surface area contributed by atoms with Crippen LogP contribution in [0.2, 0.25) is 0 Å². The summed E-state index contributed by atoms with van der Waals surface area (Å²) >= 11 is 6.61. The molecule has 0 heterocycles. The molecule has 0 aliphatic heterocycles. The standard InChI is InChI=1S/C8H8Br2O/c1-5-2-6(10)3-8(11)7(5)4-9/h2-3,11H,4H2,1H3. The van der Waals surface area contributed by atoms with Gasteiger partial charge in [-0.3, -0.25) is 0 Å². The monoisotopic (exact) mass is 278 g/mol. The molecule has 0 bridgehead atoms. The summed E-state index contributed by atoms with van der Waals surface area (Å²) in [6.45, 7) is 1.97. The quantitative estimate of drug-likeness (QED) is 0.782. The Labute approximate surface area is 82.7 Å². The Morgan fingerprint density at radius 3 is 2.55 bits per heavy atom. The Kier molecular flexibility index (Phi) is 2.96. The van der Waals surface area contributed by atoms with Crippen molar-refractivity contribution in [3.8, 4) is 5.75 Å². The van der Waals surface area contributed by atoms with Crippen molar-refractivity contribution >= 4 is 31.9 Å². The lowest BCUT2D eigenvalue weighted by molar-refractivity contribution is 0.470. The first-order valence-corrected chi connectivity index (χ1v) is 5.10. The van der Waals surface area contributed by atoms with Gasteiger partial charge in [-0.05, 0) is 24.6 Å². The third-order valence-electron chi connectivity index (χ3n) is 1.55. The van der Waals surface area contributed by atoms with E-state index in [9.17, 15) is 5.11 Å². The lowest BCUT2D eigenvalue weighted by Gasteiger charge is -2.04. The van der Waals surface area contributed by atoms with Gasteiger partial charge in [-0.2, -0.15) is 0 Å². The van der Waals surface area contributed by atoms with Crippen LogP contribution in [-0.2, 0) is 5.33 Å². The van der Waals surface area contributed by atoms with Crippen LogP contribution in [0.5, 0.6) is 5.75 Å². The molecule has 11 heavy (non-hydrogen) atoms. The van der Waals surface area contributed by atoms with E-state index in [0.717, 1.165) is 15.6 Å². The van der Waals surface area contributed by atoms with Gasteiger partial charge in [-0.1, -0.05) is 31.9 Å². The van der Waals surface area contributed by atoms with Gasteiger partial charge in [0.05, 0.1) is 0 Å². The molecule has 0 saturated carbocycles. The molecular formula is C8H8Br2O. The van der Waals surface area contributed by atoms with Gasteiger partial charge in [0, 0.05) is 15.4 Å². The molecule has 1 aromatic rings. The van der Waals surface area contributed by atoms with E-state index in [1.165, 1.54) is 0 Å². The molecule has 1 N–H and O–H groups in total. The molecule has 1 rings (SSSR count). The van der Waals surface area contributed by atoms with Gasteiger partial charge in [0.1, 0.15) is 5.75 Å². The molecule has 0 radical (unpaired) electrons. The number of rotatable bonds is 1. The molecule has 3 heteroatoms. The maximum absolute atomic E-state index is 9.41. The van der Waals surface area contributed by atoms with Crippen LogP contribution in [0.1, 0.15) is 11.1 Å². The minimum atomic E-state index is 0.341. The summed E-state index contributed by atoms with van der Waals surface area (Å²) in [5.74, 6) is 0.341. The van der Waals surface area contributed by atoms with Crippen LogP contribution in [0, 0.1) is 6.92 Å². The number of hydrogen-bond acceptors (Lipinski definition) is 1. The highest BCUT2D eigenvalue weighted by Gasteiger charge is 2.03. The number of phenols is 1. The number of alkyl halides is 1. The van der Waals surface area contributed by atoms with Gasteiger partial charge in [0.25, 0.3) is 0 Å². The maximum atomic E-state index is 9.41. The summed E-state index contributed by atoms with van der Waals surface area (Å²) in [6, 6.07) is 3.68. The SMILES string of the molecule is Cc1cc(Br)cc(O)c1CBr. The number of phenolic OH excluding ortho intramolecular Hbond substituents is 1. The summed E-state index contributed by atoms with van der Waals surface area (Å²) in [5, 5.41) is 10.1. The van der Waals surface area contributed by atoms with E-state index >= 15 is 0 Å². The normalized spacial score (nSPS) is 10.1. The van der Waals surface area contributed by atoms with E-state index in [0.29, 0.717) is 11.1 Å². The second kappa shape index (κ2) is 3.59. The highest BCUT2D eigenvalue weighted by atomic mass is 79.9. The van der Waals surface area contributed by atoms with Crippen LogP contribution in [0.3, 0.4) is 0 Å². The van der Waals surface area contributed by atoms with Gasteiger partial charge >= 0.3 is 0 Å². The minimum absolute atomic E-state index is 0.341. The van der Waals surface area contributed by atoms with Crippen molar-refractivity contribution in [3.63, 3.8) is 0 Å². The van der Waals surface area contributed by atoms with Gasteiger partial charge in [0.15, 0.2) is 0 Å². The Bertz CT molecular complexity index is 248. The number of halogens is 2. The second-order valence-electron chi connectivity index (χ2n) is 2.35. The van der Waals surface area contributed by atoms with Gasteiger partial charge in [-0.15, -0.1) is 0 Å². The third kappa shape index (κ3) is 1.97. The topological polar surface area (TPSA) is 20.2 Å². The lowest BCUT2D eigenvalue weighted by Crippen LogP contribution is -1.85. The predicted octanol–water partition coefficient (Wildman–Crippen LogP) is 3.36. The van der Waals surface area contributed by atoms with Gasteiger partial charge in [0.2, 0.25) is 0 Å². The molecule has 0 saturated heterocycles. The van der Waals surface area contributed by atoms with Crippen molar-refractivity contribution in [3.05, 3.63) is 27.7 Å². The fourth-order valence-electron chi connectivity index (χ4n) is 0.929. The molecule has 0 unspecified atom stereocenters. The van der Waals surface area contributed by atoms with Crippen LogP contribution < -0.4 is 0 Å². The van der Waals surface area contributed by atoms with Crippen LogP contribution >= 0.6 is 31.9 Å². The summed E-state index contributed by atoms with van der Waals surface area (Å²) in [5.41, 5.74) is 2.04. The molecule has 0 spiro atoms. The second-order valence-corrected chi connectivity index (χ2v) is 3.83. The van der Waals surface area contributed by atoms with E-state index in [1.807, 2.05) is 13.0 Å². The number of hydrogen-bond donors (Lipinski definition) is 1. The molecule has 0 fully saturated rings. The van der Waals surface area contributed by atoms with Crippen molar-refractivity contribution in [2.75, 3.05) is 0 Å². The average molecular weight is 280 g/mol. The number of aryl methyl sites for hydroxylation is 1. The molecule has 1 aromatic carbocycles. The van der Waals surface area contributed by atoms with Crippen LogP contribution in [0.4, 0.5) is 0 Å². The molecule has 1 nitrogen and oxygen atoms in total. The van der Waals surface area contributed by atoms with Crippen LogP contribution in [0.25, 0.3) is 0 Å². The van der Waals surface area contributed by atoms with Gasteiger partial charge in [-0.25, -0.2) is 0 Å². The number of benzene rings is 1. The van der Waals surface area contributed by atoms with Crippen molar-refractivity contribution in [2.45, 2.75) is 12.3 Å². The lowest BCUT2D eigenvalue weighted by atomic mass is 10.1. The van der Waals surface area contributed by atoms with Crippen molar-refractivity contribution in [1.29, 1.82) is 0 Å². The fraction of sp³-hybridized carbons (Fsp3) is 0.250. The third-order valence-corrected chi connectivity index (χ3v) is 2.57. The fourth-order valence-corrected chi connectivity index (χ4v) is 2.22. The first-order chi connectivity index (χ1) is 5.15. The first kappa shape index (κ1) is 9.07. The summed E-state index contributed by atoms with van der Waals surface area (Å²) in [6.07, 6.45) is 0. The summed E-state index contributed by atoms with van der Waals surface area (Å²) < 4.78 is 0.914. The van der Waals surface area contributed by atoms with E-state index in [-0.39, 0.29) is 0 Å². The number of aromatic hydroxyl groups is 1. The van der Waals surface area contributed by atoms with Crippen molar-refractivity contribution < 1.29 is 5.11 Å². The predicted molar refractivity (Wildman–Crippen MR) is 53.2 cm³/mol. The average Bonchev–Trinajstić information content (AvgIpc) is 1.85. The van der Waals surface area contributed by atoms with Crippen molar-refractivity contribution in [2.24, 2.45) is 0 Å².